The van der Waals surface area contributed by atoms with Gasteiger partial charge in [0.1, 0.15) is 16.4 Å². The van der Waals surface area contributed by atoms with Crippen LogP contribution in [0, 0.1) is 16.7 Å². The van der Waals surface area contributed by atoms with Gasteiger partial charge in [0, 0.05) is 44.1 Å². The van der Waals surface area contributed by atoms with Crippen LogP contribution in [0.15, 0.2) is 52.5 Å². The molecule has 1 aromatic carbocycles. The second-order valence-electron chi connectivity index (χ2n) is 12.3. The number of likely N-dealkylation sites (N-methyl/N-ethyl adjacent to an activating group) is 1. The molecule has 2 saturated heterocycles. The molecule has 2 aromatic heterocycles. The first-order valence-electron chi connectivity index (χ1n) is 14.9. The van der Waals surface area contributed by atoms with E-state index in [1.165, 1.54) is 18.4 Å². The van der Waals surface area contributed by atoms with Crippen molar-refractivity contribution >= 4 is 46.2 Å². The fraction of sp³-hybridized carbons (Fsp3) is 0.516. The summed E-state index contributed by atoms with van der Waals surface area (Å²) in [6, 6.07) is 7.05. The van der Waals surface area contributed by atoms with Crippen LogP contribution in [0.4, 0.5) is 6.01 Å². The number of oxazole rings is 1. The summed E-state index contributed by atoms with van der Waals surface area (Å²) in [5.41, 5.74) is 2.08. The largest absolute Gasteiger partial charge is 0.423 e. The van der Waals surface area contributed by atoms with Crippen molar-refractivity contribution in [1.29, 1.82) is 0 Å². The summed E-state index contributed by atoms with van der Waals surface area (Å²) in [6.45, 7) is 3.52. The SMILES string of the molecule is CNC(=O)[C@@H](NC(=O)[C@@H]1CN(C(=O)c2cncs2)CC12CN(c1nc3ccccc3o1)C2)[C@@H](C)OCC1(CO)CC=CCC1. The third kappa shape index (κ3) is 5.71. The highest BCUT2D eigenvalue weighted by Gasteiger charge is 2.59. The first-order valence-corrected chi connectivity index (χ1v) is 15.8. The van der Waals surface area contributed by atoms with E-state index in [-0.39, 0.29) is 37.5 Å². The molecule has 12 nitrogen and oxygen atoms in total. The molecular formula is C31H38N6O6S. The molecule has 1 unspecified atom stereocenters. The molecule has 0 radical (unpaired) electrons. The molecule has 44 heavy (non-hydrogen) atoms. The number of aromatic nitrogens is 2. The first kappa shape index (κ1) is 30.2. The van der Waals surface area contributed by atoms with E-state index in [9.17, 15) is 19.5 Å². The molecule has 0 bridgehead atoms. The number of rotatable bonds is 10. The van der Waals surface area contributed by atoms with Gasteiger partial charge in [-0.3, -0.25) is 19.4 Å². The molecule has 3 N–H and O–H groups in total. The molecule has 0 saturated carbocycles. The van der Waals surface area contributed by atoms with Gasteiger partial charge < -0.3 is 34.7 Å². The zero-order valence-corrected chi connectivity index (χ0v) is 25.7. The second-order valence-corrected chi connectivity index (χ2v) is 13.2. The van der Waals surface area contributed by atoms with Crippen molar-refractivity contribution in [2.24, 2.45) is 16.7 Å². The average Bonchev–Trinajstić information content (AvgIpc) is 3.80. The highest BCUT2D eigenvalue weighted by molar-refractivity contribution is 7.11. The van der Waals surface area contributed by atoms with Crippen LogP contribution in [0.2, 0.25) is 0 Å². The van der Waals surface area contributed by atoms with Crippen LogP contribution in [0.25, 0.3) is 11.1 Å². The molecule has 4 atom stereocenters. The number of thiazole rings is 1. The summed E-state index contributed by atoms with van der Waals surface area (Å²) in [5, 5.41) is 15.7. The van der Waals surface area contributed by atoms with E-state index in [1.807, 2.05) is 35.2 Å². The smallest absolute Gasteiger partial charge is 0.298 e. The van der Waals surface area contributed by atoms with Gasteiger partial charge in [-0.2, -0.15) is 4.98 Å². The number of allylic oxidation sites excluding steroid dienone is 2. The van der Waals surface area contributed by atoms with E-state index in [2.05, 4.69) is 26.7 Å². The van der Waals surface area contributed by atoms with Crippen molar-refractivity contribution in [2.45, 2.75) is 38.3 Å². The Kier molecular flexibility index (Phi) is 8.44. The number of aliphatic hydroxyl groups is 1. The zero-order chi connectivity index (χ0) is 30.9. The van der Waals surface area contributed by atoms with E-state index < -0.39 is 28.9 Å². The minimum Gasteiger partial charge on any atom is -0.423 e. The van der Waals surface area contributed by atoms with Gasteiger partial charge in [0.05, 0.1) is 36.9 Å². The monoisotopic (exact) mass is 622 g/mol. The van der Waals surface area contributed by atoms with Crippen LogP contribution < -0.4 is 15.5 Å². The Morgan fingerprint density at radius 3 is 2.73 bits per heavy atom. The molecule has 2 fully saturated rings. The van der Waals surface area contributed by atoms with Gasteiger partial charge >= 0.3 is 0 Å². The van der Waals surface area contributed by atoms with E-state index in [0.717, 1.165) is 18.4 Å². The molecule has 1 spiro atoms. The number of nitrogens with one attached hydrogen (secondary N) is 2. The van der Waals surface area contributed by atoms with Crippen molar-refractivity contribution < 1.29 is 28.6 Å². The Morgan fingerprint density at radius 1 is 1.23 bits per heavy atom. The highest BCUT2D eigenvalue weighted by Crippen LogP contribution is 2.46. The first-order chi connectivity index (χ1) is 21.3. The van der Waals surface area contributed by atoms with E-state index in [4.69, 9.17) is 9.15 Å². The maximum absolute atomic E-state index is 14.1. The fourth-order valence-electron chi connectivity index (χ4n) is 6.60. The molecule has 1 aliphatic carbocycles. The van der Waals surface area contributed by atoms with E-state index in [1.54, 1.807) is 23.5 Å². The number of carbonyl (C=O) groups is 3. The third-order valence-electron chi connectivity index (χ3n) is 9.30. The van der Waals surface area contributed by atoms with Gasteiger partial charge in [0.2, 0.25) is 11.8 Å². The van der Waals surface area contributed by atoms with Crippen LogP contribution in [-0.4, -0.2) is 96.3 Å². The van der Waals surface area contributed by atoms with Crippen molar-refractivity contribution in [3.63, 3.8) is 0 Å². The van der Waals surface area contributed by atoms with E-state index >= 15 is 0 Å². The maximum atomic E-state index is 14.1. The number of para-hydroxylation sites is 2. The number of amides is 3. The molecule has 6 rings (SSSR count). The summed E-state index contributed by atoms with van der Waals surface area (Å²) >= 11 is 1.26. The van der Waals surface area contributed by atoms with Gasteiger partial charge in [0.15, 0.2) is 5.58 Å². The topological polar surface area (TPSA) is 150 Å². The molecular weight excluding hydrogens is 584 g/mol. The van der Waals surface area contributed by atoms with Gasteiger partial charge in [-0.05, 0) is 38.3 Å². The number of benzene rings is 1. The Labute approximate surface area is 259 Å². The molecule has 4 heterocycles. The number of hydrogen-bond donors (Lipinski definition) is 3. The Morgan fingerprint density at radius 2 is 2.05 bits per heavy atom. The Bertz CT molecular complexity index is 1500. The zero-order valence-electron chi connectivity index (χ0n) is 24.9. The van der Waals surface area contributed by atoms with Gasteiger partial charge in [-0.1, -0.05) is 24.3 Å². The lowest BCUT2D eigenvalue weighted by Gasteiger charge is -2.49. The summed E-state index contributed by atoms with van der Waals surface area (Å²) in [6.07, 6.45) is 7.37. The lowest BCUT2D eigenvalue weighted by Crippen LogP contribution is -2.64. The number of hydrogen-bond acceptors (Lipinski definition) is 10. The lowest BCUT2D eigenvalue weighted by molar-refractivity contribution is -0.137. The summed E-state index contributed by atoms with van der Waals surface area (Å²) in [4.78, 5) is 53.3. The standard InChI is InChI=1S/C31H38N6O6S/c1-20(42-18-30(17-38)10-6-3-7-11-30)25(27(40)32-2)35-26(39)21-13-36(28(41)24-12-33-19-44-24)14-31(21)15-37(16-31)29-34-22-8-4-5-9-23(22)43-29/h3-6,8-9,12,19-21,25,38H,7,10-11,13-18H2,1-2H3,(H,32,40)(H,35,39)/t20-,21+,25+,30?/m1/s1. The lowest BCUT2D eigenvalue weighted by atomic mass is 9.71. The van der Waals surface area contributed by atoms with Crippen LogP contribution in [0.1, 0.15) is 35.9 Å². The normalized spacial score (nSPS) is 23.8. The quantitative estimate of drug-likeness (QED) is 0.289. The fourth-order valence-corrected chi connectivity index (χ4v) is 7.19. The number of carbonyl (C=O) groups excluding carboxylic acids is 3. The van der Waals surface area contributed by atoms with E-state index in [0.29, 0.717) is 42.5 Å². The van der Waals surface area contributed by atoms with Crippen LogP contribution in [-0.2, 0) is 14.3 Å². The molecule has 13 heteroatoms. The van der Waals surface area contributed by atoms with Crippen molar-refractivity contribution in [1.82, 2.24) is 25.5 Å². The summed E-state index contributed by atoms with van der Waals surface area (Å²) in [7, 11) is 1.52. The summed E-state index contributed by atoms with van der Waals surface area (Å²) < 4.78 is 12.1. The van der Waals surface area contributed by atoms with Crippen LogP contribution >= 0.6 is 11.3 Å². The van der Waals surface area contributed by atoms with Crippen molar-refractivity contribution in [3.8, 4) is 0 Å². The number of aliphatic hydroxyl groups excluding tert-OH is 1. The number of anilines is 1. The molecule has 2 aliphatic heterocycles. The number of nitrogens with zero attached hydrogens (tertiary/aromatic N) is 4. The number of ether oxygens (including phenoxy) is 1. The molecule has 3 aromatic rings. The predicted molar refractivity (Wildman–Crippen MR) is 164 cm³/mol. The summed E-state index contributed by atoms with van der Waals surface area (Å²) in [5.74, 6) is -1.44. The number of likely N-dealkylation sites (tertiary alicyclic amines) is 1. The molecule has 3 amide bonds. The van der Waals surface area contributed by atoms with Crippen LogP contribution in [0.5, 0.6) is 0 Å². The average molecular weight is 623 g/mol. The van der Waals surface area contributed by atoms with Crippen LogP contribution in [0.3, 0.4) is 0 Å². The van der Waals surface area contributed by atoms with Gasteiger partial charge in [0.25, 0.3) is 11.9 Å². The van der Waals surface area contributed by atoms with Crippen molar-refractivity contribution in [3.05, 3.63) is 53.0 Å². The maximum Gasteiger partial charge on any atom is 0.298 e. The second kappa shape index (κ2) is 12.3. The third-order valence-corrected chi connectivity index (χ3v) is 10.1. The van der Waals surface area contributed by atoms with Crippen molar-refractivity contribution in [2.75, 3.05) is 51.3 Å². The van der Waals surface area contributed by atoms with Gasteiger partial charge in [-0.15, -0.1) is 11.3 Å². The number of fused-ring (bicyclic) bond motifs is 1. The minimum atomic E-state index is -0.959. The highest BCUT2D eigenvalue weighted by atomic mass is 32.1. The predicted octanol–water partition coefficient (Wildman–Crippen LogP) is 2.22. The van der Waals surface area contributed by atoms with Gasteiger partial charge in [-0.25, -0.2) is 0 Å². The Hall–Kier alpha value is -3.81. The molecule has 234 valence electrons. The minimum absolute atomic E-state index is 0.0220. The molecule has 3 aliphatic rings. The Balaban J connectivity index is 1.19.